The van der Waals surface area contributed by atoms with Gasteiger partial charge in [0, 0.05) is 0 Å². The van der Waals surface area contributed by atoms with Crippen LogP contribution < -0.4 is 0 Å². The van der Waals surface area contributed by atoms with Gasteiger partial charge >= 0.3 is 0 Å². The average Bonchev–Trinajstić information content (AvgIpc) is 2.01. The Hall–Kier alpha value is -0.0800. The van der Waals surface area contributed by atoms with Crippen molar-refractivity contribution in [2.75, 3.05) is 13.2 Å². The molecular weight excluding hydrogens is 140 g/mol. The highest BCUT2D eigenvalue weighted by Gasteiger charge is 2.04. The Kier molecular flexibility index (Phi) is 7.96. The predicted octanol–water partition coefficient (Wildman–Crippen LogP) is 1.96. The van der Waals surface area contributed by atoms with Gasteiger partial charge in [0.1, 0.15) is 0 Å². The Morgan fingerprint density at radius 1 is 1.18 bits per heavy atom. The number of hydrogen-bond donors (Lipinski definition) is 1. The smallest absolute Gasteiger partial charge is 0.0701 e. The lowest BCUT2D eigenvalue weighted by Gasteiger charge is -2.15. The van der Waals surface area contributed by atoms with Crippen molar-refractivity contribution in [1.29, 1.82) is 0 Å². The quantitative estimate of drug-likeness (QED) is 0.617. The molecule has 0 aliphatic heterocycles. The summed E-state index contributed by atoms with van der Waals surface area (Å²) in [7, 11) is 0. The highest BCUT2D eigenvalue weighted by molar-refractivity contribution is 4.55. The Bertz CT molecular complexity index is 68.0. The number of aliphatic hydroxyl groups excluding tert-OH is 1. The standard InChI is InChI=1S/C9H20O2/c1-3-5-9(6-4-2)11-8-7-10/h9-10H,3-8H2,1-2H3. The van der Waals surface area contributed by atoms with Crippen molar-refractivity contribution in [2.45, 2.75) is 45.6 Å². The molecule has 0 aliphatic carbocycles. The van der Waals surface area contributed by atoms with Gasteiger partial charge in [-0.1, -0.05) is 26.7 Å². The number of rotatable bonds is 7. The minimum absolute atomic E-state index is 0.143. The topological polar surface area (TPSA) is 29.5 Å². The van der Waals surface area contributed by atoms with Crippen molar-refractivity contribution in [2.24, 2.45) is 0 Å². The van der Waals surface area contributed by atoms with E-state index in [-0.39, 0.29) is 6.61 Å². The molecule has 1 N–H and O–H groups in total. The maximum absolute atomic E-state index is 8.53. The molecule has 11 heavy (non-hydrogen) atoms. The minimum atomic E-state index is 0.143. The molecular formula is C9H20O2. The Morgan fingerprint density at radius 2 is 1.73 bits per heavy atom. The number of aliphatic hydroxyl groups is 1. The van der Waals surface area contributed by atoms with Crippen LogP contribution in [0.15, 0.2) is 0 Å². The molecule has 0 heterocycles. The van der Waals surface area contributed by atoms with Crippen LogP contribution in [0.1, 0.15) is 39.5 Å². The van der Waals surface area contributed by atoms with E-state index in [2.05, 4.69) is 13.8 Å². The molecule has 0 saturated heterocycles. The molecule has 0 aromatic carbocycles. The van der Waals surface area contributed by atoms with Crippen LogP contribution in [0.5, 0.6) is 0 Å². The SMILES string of the molecule is CCCC(CCC)OCCO. The first kappa shape index (κ1) is 10.9. The first-order valence-electron chi connectivity index (χ1n) is 4.57. The summed E-state index contributed by atoms with van der Waals surface area (Å²) >= 11 is 0. The molecule has 0 bridgehead atoms. The van der Waals surface area contributed by atoms with Crippen LogP contribution in [-0.4, -0.2) is 24.4 Å². The van der Waals surface area contributed by atoms with Crippen LogP contribution in [0.25, 0.3) is 0 Å². The van der Waals surface area contributed by atoms with E-state index in [0.29, 0.717) is 12.7 Å². The summed E-state index contributed by atoms with van der Waals surface area (Å²) in [5, 5.41) is 8.53. The molecule has 0 atom stereocenters. The Balaban J connectivity index is 3.34. The predicted molar refractivity (Wildman–Crippen MR) is 46.6 cm³/mol. The molecule has 0 aromatic rings. The second-order valence-electron chi connectivity index (χ2n) is 2.79. The van der Waals surface area contributed by atoms with Gasteiger partial charge < -0.3 is 9.84 Å². The minimum Gasteiger partial charge on any atom is -0.394 e. The van der Waals surface area contributed by atoms with E-state index in [9.17, 15) is 0 Å². The summed E-state index contributed by atoms with van der Waals surface area (Å²) in [5.74, 6) is 0. The van der Waals surface area contributed by atoms with Crippen molar-refractivity contribution in [3.63, 3.8) is 0 Å². The fourth-order valence-electron chi connectivity index (χ4n) is 1.17. The van der Waals surface area contributed by atoms with Crippen LogP contribution in [0, 0.1) is 0 Å². The van der Waals surface area contributed by atoms with Crippen molar-refractivity contribution < 1.29 is 9.84 Å². The van der Waals surface area contributed by atoms with E-state index in [1.807, 2.05) is 0 Å². The molecule has 68 valence electrons. The largest absolute Gasteiger partial charge is 0.394 e. The van der Waals surface area contributed by atoms with Gasteiger partial charge in [0.05, 0.1) is 19.3 Å². The molecule has 0 radical (unpaired) electrons. The number of ether oxygens (including phenoxy) is 1. The van der Waals surface area contributed by atoms with Gasteiger partial charge in [-0.25, -0.2) is 0 Å². The molecule has 2 heteroatoms. The zero-order chi connectivity index (χ0) is 8.53. The number of hydrogen-bond acceptors (Lipinski definition) is 2. The summed E-state index contributed by atoms with van der Waals surface area (Å²) in [5.41, 5.74) is 0. The molecule has 0 amide bonds. The second-order valence-corrected chi connectivity index (χ2v) is 2.79. The van der Waals surface area contributed by atoms with Gasteiger partial charge in [0.2, 0.25) is 0 Å². The zero-order valence-electron chi connectivity index (χ0n) is 7.68. The van der Waals surface area contributed by atoms with E-state index in [1.165, 1.54) is 0 Å². The fourth-order valence-corrected chi connectivity index (χ4v) is 1.17. The van der Waals surface area contributed by atoms with Crippen LogP contribution in [0.2, 0.25) is 0 Å². The Labute approximate surface area is 69.6 Å². The molecule has 0 aliphatic rings. The molecule has 0 spiro atoms. The lowest BCUT2D eigenvalue weighted by atomic mass is 10.1. The maximum Gasteiger partial charge on any atom is 0.0701 e. The van der Waals surface area contributed by atoms with Crippen molar-refractivity contribution in [3.05, 3.63) is 0 Å². The summed E-state index contributed by atoms with van der Waals surface area (Å²) in [6.07, 6.45) is 4.94. The van der Waals surface area contributed by atoms with Crippen molar-refractivity contribution >= 4 is 0 Å². The first-order chi connectivity index (χ1) is 5.35. The highest BCUT2D eigenvalue weighted by Crippen LogP contribution is 2.08. The summed E-state index contributed by atoms with van der Waals surface area (Å²) in [6, 6.07) is 0. The zero-order valence-corrected chi connectivity index (χ0v) is 7.68. The van der Waals surface area contributed by atoms with Crippen molar-refractivity contribution in [3.8, 4) is 0 Å². The van der Waals surface area contributed by atoms with Crippen LogP contribution in [0.3, 0.4) is 0 Å². The van der Waals surface area contributed by atoms with E-state index < -0.39 is 0 Å². The van der Waals surface area contributed by atoms with Crippen molar-refractivity contribution in [1.82, 2.24) is 0 Å². The lowest BCUT2D eigenvalue weighted by Crippen LogP contribution is -2.14. The van der Waals surface area contributed by atoms with Gasteiger partial charge in [-0.05, 0) is 12.8 Å². The van der Waals surface area contributed by atoms with Gasteiger partial charge in [0.25, 0.3) is 0 Å². The van der Waals surface area contributed by atoms with Gasteiger partial charge in [0.15, 0.2) is 0 Å². The highest BCUT2D eigenvalue weighted by atomic mass is 16.5. The molecule has 0 aromatic heterocycles. The molecule has 0 saturated carbocycles. The summed E-state index contributed by atoms with van der Waals surface area (Å²) < 4.78 is 5.42. The van der Waals surface area contributed by atoms with E-state index >= 15 is 0 Å². The third-order valence-corrected chi connectivity index (χ3v) is 1.67. The van der Waals surface area contributed by atoms with Crippen LogP contribution >= 0.6 is 0 Å². The normalized spacial score (nSPS) is 10.9. The maximum atomic E-state index is 8.53. The van der Waals surface area contributed by atoms with Gasteiger partial charge in [-0.3, -0.25) is 0 Å². The molecule has 0 rings (SSSR count). The van der Waals surface area contributed by atoms with Gasteiger partial charge in [-0.2, -0.15) is 0 Å². The summed E-state index contributed by atoms with van der Waals surface area (Å²) in [4.78, 5) is 0. The van der Waals surface area contributed by atoms with E-state index in [0.717, 1.165) is 25.7 Å². The first-order valence-corrected chi connectivity index (χ1v) is 4.57. The second kappa shape index (κ2) is 8.02. The third kappa shape index (κ3) is 6.32. The monoisotopic (exact) mass is 160 g/mol. The van der Waals surface area contributed by atoms with E-state index in [4.69, 9.17) is 9.84 Å². The summed E-state index contributed by atoms with van der Waals surface area (Å²) in [6.45, 7) is 4.95. The van der Waals surface area contributed by atoms with Crippen LogP contribution in [0.4, 0.5) is 0 Å². The fraction of sp³-hybridized carbons (Fsp3) is 1.00. The molecule has 2 nitrogen and oxygen atoms in total. The molecule has 0 unspecified atom stereocenters. The van der Waals surface area contributed by atoms with E-state index in [1.54, 1.807) is 0 Å². The van der Waals surface area contributed by atoms with Crippen LogP contribution in [-0.2, 0) is 4.74 Å². The third-order valence-electron chi connectivity index (χ3n) is 1.67. The Morgan fingerprint density at radius 3 is 2.09 bits per heavy atom. The van der Waals surface area contributed by atoms with Gasteiger partial charge in [-0.15, -0.1) is 0 Å². The lowest BCUT2D eigenvalue weighted by molar-refractivity contribution is 0.0187. The molecule has 0 fully saturated rings. The average molecular weight is 160 g/mol.